The molecule has 1 aliphatic heterocycles. The third-order valence-corrected chi connectivity index (χ3v) is 4.36. The predicted molar refractivity (Wildman–Crippen MR) is 102 cm³/mol. The molecular formula is C20H21N3O3. The largest absolute Gasteiger partial charge is 0.491 e. The standard InChI is InChI=1S/C20H21N3O3/c1-24-9-10-25-17-3-2-4-18-20(17)16(12-26-18)23-19-8-5-13-11-14(21)6-7-15(13)22-19/h2-8,11,16H,9-10,12,21H2,1H3,(H,22,23). The van der Waals surface area contributed by atoms with E-state index < -0.39 is 0 Å². The van der Waals surface area contributed by atoms with Gasteiger partial charge in [-0.3, -0.25) is 0 Å². The summed E-state index contributed by atoms with van der Waals surface area (Å²) in [7, 11) is 1.66. The normalized spacial score (nSPS) is 15.5. The van der Waals surface area contributed by atoms with Crippen LogP contribution in [0, 0.1) is 0 Å². The Morgan fingerprint density at radius 1 is 1.19 bits per heavy atom. The third kappa shape index (κ3) is 3.23. The molecule has 0 amide bonds. The van der Waals surface area contributed by atoms with Crippen LogP contribution in [0.15, 0.2) is 48.5 Å². The molecule has 2 heterocycles. The van der Waals surface area contributed by atoms with Gasteiger partial charge >= 0.3 is 0 Å². The van der Waals surface area contributed by atoms with Crippen LogP contribution < -0.4 is 20.5 Å². The number of methoxy groups -OCH3 is 1. The van der Waals surface area contributed by atoms with Crippen molar-refractivity contribution in [1.82, 2.24) is 4.98 Å². The second kappa shape index (κ2) is 7.09. The van der Waals surface area contributed by atoms with Crippen LogP contribution in [0.1, 0.15) is 11.6 Å². The zero-order valence-corrected chi connectivity index (χ0v) is 14.6. The number of ether oxygens (including phenoxy) is 3. The second-order valence-electron chi connectivity index (χ2n) is 6.17. The monoisotopic (exact) mass is 351 g/mol. The molecule has 1 unspecified atom stereocenters. The Labute approximate surface area is 151 Å². The van der Waals surface area contributed by atoms with E-state index in [-0.39, 0.29) is 6.04 Å². The van der Waals surface area contributed by atoms with E-state index in [1.807, 2.05) is 48.5 Å². The minimum absolute atomic E-state index is 0.0255. The number of pyridine rings is 1. The number of hydrogen-bond donors (Lipinski definition) is 2. The maximum atomic E-state index is 5.86. The van der Waals surface area contributed by atoms with E-state index in [1.165, 1.54) is 0 Å². The number of anilines is 2. The molecule has 1 aromatic heterocycles. The summed E-state index contributed by atoms with van der Waals surface area (Å²) in [5.41, 5.74) is 8.48. The van der Waals surface area contributed by atoms with Crippen molar-refractivity contribution in [3.05, 3.63) is 54.1 Å². The zero-order chi connectivity index (χ0) is 17.9. The summed E-state index contributed by atoms with van der Waals surface area (Å²) in [6, 6.07) is 15.5. The number of rotatable bonds is 6. The van der Waals surface area contributed by atoms with Crippen molar-refractivity contribution in [2.24, 2.45) is 0 Å². The molecule has 1 aliphatic rings. The van der Waals surface area contributed by atoms with Gasteiger partial charge in [0.1, 0.15) is 30.5 Å². The van der Waals surface area contributed by atoms with E-state index in [2.05, 4.69) is 10.3 Å². The van der Waals surface area contributed by atoms with E-state index in [0.717, 1.165) is 39.5 Å². The van der Waals surface area contributed by atoms with Gasteiger partial charge in [-0.25, -0.2) is 4.98 Å². The first kappa shape index (κ1) is 16.5. The average molecular weight is 351 g/mol. The first-order chi connectivity index (χ1) is 12.7. The number of benzene rings is 2. The molecule has 0 bridgehead atoms. The topological polar surface area (TPSA) is 78.6 Å². The van der Waals surface area contributed by atoms with Gasteiger partial charge in [0.15, 0.2) is 0 Å². The van der Waals surface area contributed by atoms with E-state index >= 15 is 0 Å². The van der Waals surface area contributed by atoms with Crippen LogP contribution in [0.4, 0.5) is 11.5 Å². The molecule has 3 N–H and O–H groups in total. The van der Waals surface area contributed by atoms with Crippen LogP contribution in [-0.2, 0) is 4.74 Å². The SMILES string of the molecule is COCCOc1cccc2c1C(Nc1ccc3cc(N)ccc3n1)CO2. The highest BCUT2D eigenvalue weighted by molar-refractivity contribution is 5.83. The summed E-state index contributed by atoms with van der Waals surface area (Å²) in [5.74, 6) is 2.43. The van der Waals surface area contributed by atoms with Gasteiger partial charge in [0.25, 0.3) is 0 Å². The summed E-state index contributed by atoms with van der Waals surface area (Å²) in [4.78, 5) is 4.67. The number of hydrogen-bond acceptors (Lipinski definition) is 6. The Balaban J connectivity index is 1.58. The summed E-state index contributed by atoms with van der Waals surface area (Å²) in [5, 5.41) is 4.47. The number of nitrogens with zero attached hydrogens (tertiary/aromatic N) is 1. The van der Waals surface area contributed by atoms with Gasteiger partial charge in [-0.1, -0.05) is 6.07 Å². The van der Waals surface area contributed by atoms with Gasteiger partial charge in [0.2, 0.25) is 0 Å². The molecule has 0 spiro atoms. The Bertz CT molecular complexity index is 929. The summed E-state index contributed by atoms with van der Waals surface area (Å²) < 4.78 is 16.7. The molecule has 0 aliphatic carbocycles. The Morgan fingerprint density at radius 2 is 2.12 bits per heavy atom. The van der Waals surface area contributed by atoms with Crippen molar-refractivity contribution in [2.45, 2.75) is 6.04 Å². The summed E-state index contributed by atoms with van der Waals surface area (Å²) in [6.45, 7) is 1.56. The van der Waals surface area contributed by atoms with Crippen LogP contribution in [0.5, 0.6) is 11.5 Å². The van der Waals surface area contributed by atoms with Gasteiger partial charge in [0.05, 0.1) is 23.7 Å². The quantitative estimate of drug-likeness (QED) is 0.523. The highest BCUT2D eigenvalue weighted by atomic mass is 16.5. The van der Waals surface area contributed by atoms with Crippen LogP contribution in [0.2, 0.25) is 0 Å². The first-order valence-corrected chi connectivity index (χ1v) is 8.55. The predicted octanol–water partition coefficient (Wildman–Crippen LogP) is 3.39. The lowest BCUT2D eigenvalue weighted by Crippen LogP contribution is -2.14. The molecule has 0 saturated carbocycles. The zero-order valence-electron chi connectivity index (χ0n) is 14.6. The van der Waals surface area contributed by atoms with Crippen molar-refractivity contribution in [2.75, 3.05) is 38.0 Å². The molecule has 134 valence electrons. The number of fused-ring (bicyclic) bond motifs is 2. The molecule has 6 heteroatoms. The number of nitrogen functional groups attached to an aromatic ring is 1. The highest BCUT2D eigenvalue weighted by Gasteiger charge is 2.28. The number of aromatic nitrogens is 1. The lowest BCUT2D eigenvalue weighted by atomic mass is 10.1. The van der Waals surface area contributed by atoms with E-state index in [9.17, 15) is 0 Å². The van der Waals surface area contributed by atoms with Crippen molar-refractivity contribution in [3.63, 3.8) is 0 Å². The van der Waals surface area contributed by atoms with Gasteiger partial charge in [-0.2, -0.15) is 0 Å². The molecule has 3 aromatic rings. The lowest BCUT2D eigenvalue weighted by Gasteiger charge is -2.16. The molecule has 0 radical (unpaired) electrons. The van der Waals surface area contributed by atoms with Gasteiger partial charge in [0, 0.05) is 18.2 Å². The Hall–Kier alpha value is -2.99. The maximum absolute atomic E-state index is 5.86. The van der Waals surface area contributed by atoms with Crippen LogP contribution in [-0.4, -0.2) is 31.9 Å². The minimum Gasteiger partial charge on any atom is -0.491 e. The minimum atomic E-state index is -0.0255. The summed E-state index contributed by atoms with van der Waals surface area (Å²) >= 11 is 0. The van der Waals surface area contributed by atoms with Crippen LogP contribution in [0.25, 0.3) is 10.9 Å². The third-order valence-electron chi connectivity index (χ3n) is 4.36. The van der Waals surface area contributed by atoms with Crippen molar-refractivity contribution in [1.29, 1.82) is 0 Å². The lowest BCUT2D eigenvalue weighted by molar-refractivity contribution is 0.145. The van der Waals surface area contributed by atoms with Crippen molar-refractivity contribution >= 4 is 22.4 Å². The Kier molecular flexibility index (Phi) is 4.50. The first-order valence-electron chi connectivity index (χ1n) is 8.55. The van der Waals surface area contributed by atoms with Gasteiger partial charge < -0.3 is 25.3 Å². The van der Waals surface area contributed by atoms with E-state index in [1.54, 1.807) is 7.11 Å². The Morgan fingerprint density at radius 3 is 3.00 bits per heavy atom. The number of nitrogens with two attached hydrogens (primary N) is 1. The van der Waals surface area contributed by atoms with Crippen LogP contribution >= 0.6 is 0 Å². The van der Waals surface area contributed by atoms with E-state index in [0.29, 0.717) is 19.8 Å². The summed E-state index contributed by atoms with van der Waals surface area (Å²) in [6.07, 6.45) is 0. The smallest absolute Gasteiger partial charge is 0.128 e. The van der Waals surface area contributed by atoms with Crippen molar-refractivity contribution < 1.29 is 14.2 Å². The second-order valence-corrected chi connectivity index (χ2v) is 6.17. The van der Waals surface area contributed by atoms with Crippen molar-refractivity contribution in [3.8, 4) is 11.5 Å². The van der Waals surface area contributed by atoms with E-state index in [4.69, 9.17) is 19.9 Å². The molecular weight excluding hydrogens is 330 g/mol. The number of nitrogens with one attached hydrogen (secondary N) is 1. The fourth-order valence-corrected chi connectivity index (χ4v) is 3.13. The molecule has 4 rings (SSSR count). The fraction of sp³-hybridized carbons (Fsp3) is 0.250. The van der Waals surface area contributed by atoms with Gasteiger partial charge in [-0.15, -0.1) is 0 Å². The average Bonchev–Trinajstić information content (AvgIpc) is 3.06. The molecule has 6 nitrogen and oxygen atoms in total. The van der Waals surface area contributed by atoms with Gasteiger partial charge in [-0.05, 0) is 42.5 Å². The molecule has 1 atom stereocenters. The molecule has 0 fully saturated rings. The highest BCUT2D eigenvalue weighted by Crippen LogP contribution is 2.40. The van der Waals surface area contributed by atoms with Crippen LogP contribution in [0.3, 0.4) is 0 Å². The molecule has 26 heavy (non-hydrogen) atoms. The fourth-order valence-electron chi connectivity index (χ4n) is 3.13. The molecule has 2 aromatic carbocycles. The molecule has 0 saturated heterocycles. The maximum Gasteiger partial charge on any atom is 0.128 e.